The molecule has 0 N–H and O–H groups in total. The zero-order valence-electron chi connectivity index (χ0n) is 12.4. The Balaban J connectivity index is 1.83. The van der Waals surface area contributed by atoms with Gasteiger partial charge in [-0.2, -0.15) is 0 Å². The molecule has 0 amide bonds. The number of nitrogens with zero attached hydrogens (tertiary/aromatic N) is 2. The Morgan fingerprint density at radius 2 is 1.76 bits per heavy atom. The predicted octanol–water partition coefficient (Wildman–Crippen LogP) is 3.39. The highest BCUT2D eigenvalue weighted by molar-refractivity contribution is 5.05. The van der Waals surface area contributed by atoms with E-state index in [0.717, 1.165) is 17.8 Å². The summed E-state index contributed by atoms with van der Waals surface area (Å²) in [5.41, 5.74) is 0.472. The Morgan fingerprint density at radius 1 is 1.18 bits per heavy atom. The second kappa shape index (κ2) is 4.89. The van der Waals surface area contributed by atoms with Gasteiger partial charge in [0.2, 0.25) is 0 Å². The van der Waals surface area contributed by atoms with Crippen LogP contribution in [0.3, 0.4) is 0 Å². The fourth-order valence-corrected chi connectivity index (χ4v) is 3.33. The SMILES string of the molecule is CCC(C)C1(C)CN1N1CCC(C(C)C)CC1. The molecule has 3 atom stereocenters. The average Bonchev–Trinajstić information content (AvgIpc) is 3.02. The van der Waals surface area contributed by atoms with Crippen molar-refractivity contribution in [1.82, 2.24) is 10.0 Å². The Bertz CT molecular complexity index is 256. The average molecular weight is 238 g/mol. The van der Waals surface area contributed by atoms with Gasteiger partial charge in [0, 0.05) is 25.2 Å². The molecule has 0 spiro atoms. The lowest BCUT2D eigenvalue weighted by atomic mass is 9.87. The smallest absolute Gasteiger partial charge is 0.0495 e. The van der Waals surface area contributed by atoms with Crippen LogP contribution in [-0.4, -0.2) is 35.2 Å². The largest absolute Gasteiger partial charge is 0.241 e. The maximum absolute atomic E-state index is 2.64. The molecule has 0 radical (unpaired) electrons. The van der Waals surface area contributed by atoms with Crippen molar-refractivity contribution in [3.63, 3.8) is 0 Å². The first-order valence-corrected chi connectivity index (χ1v) is 7.51. The molecule has 2 aliphatic heterocycles. The van der Waals surface area contributed by atoms with Gasteiger partial charge in [-0.15, -0.1) is 0 Å². The van der Waals surface area contributed by atoms with Crippen LogP contribution in [-0.2, 0) is 0 Å². The monoisotopic (exact) mass is 238 g/mol. The second-order valence-electron chi connectivity index (χ2n) is 6.76. The molecule has 2 rings (SSSR count). The van der Waals surface area contributed by atoms with Crippen molar-refractivity contribution < 1.29 is 0 Å². The summed E-state index contributed by atoms with van der Waals surface area (Å²) in [6.07, 6.45) is 4.09. The summed E-state index contributed by atoms with van der Waals surface area (Å²) in [7, 11) is 0. The highest BCUT2D eigenvalue weighted by Gasteiger charge is 2.54. The van der Waals surface area contributed by atoms with Gasteiger partial charge >= 0.3 is 0 Å². The summed E-state index contributed by atoms with van der Waals surface area (Å²) in [6.45, 7) is 15.8. The summed E-state index contributed by atoms with van der Waals surface area (Å²) in [5, 5.41) is 5.27. The number of rotatable bonds is 4. The molecule has 0 aliphatic carbocycles. The molecule has 2 heterocycles. The van der Waals surface area contributed by atoms with Gasteiger partial charge in [-0.05, 0) is 37.5 Å². The van der Waals surface area contributed by atoms with Gasteiger partial charge in [-0.3, -0.25) is 0 Å². The summed E-state index contributed by atoms with van der Waals surface area (Å²) < 4.78 is 0. The second-order valence-corrected chi connectivity index (χ2v) is 6.76. The third kappa shape index (κ3) is 2.53. The topological polar surface area (TPSA) is 6.25 Å². The molecule has 2 nitrogen and oxygen atoms in total. The van der Waals surface area contributed by atoms with Gasteiger partial charge in [0.1, 0.15) is 0 Å². The van der Waals surface area contributed by atoms with Crippen LogP contribution >= 0.6 is 0 Å². The van der Waals surface area contributed by atoms with Gasteiger partial charge in [0.25, 0.3) is 0 Å². The van der Waals surface area contributed by atoms with Crippen LogP contribution in [0.5, 0.6) is 0 Å². The standard InChI is InChI=1S/C15H30N2/c1-6-13(4)15(5)11-17(15)16-9-7-14(8-10-16)12(2)3/h12-14H,6-11H2,1-5H3. The van der Waals surface area contributed by atoms with Crippen LogP contribution in [0.2, 0.25) is 0 Å². The minimum atomic E-state index is 0.472. The molecular weight excluding hydrogens is 208 g/mol. The normalized spacial score (nSPS) is 37.4. The van der Waals surface area contributed by atoms with Crippen molar-refractivity contribution in [3.05, 3.63) is 0 Å². The van der Waals surface area contributed by atoms with E-state index in [-0.39, 0.29) is 0 Å². The van der Waals surface area contributed by atoms with E-state index in [4.69, 9.17) is 0 Å². The number of piperidine rings is 1. The summed E-state index contributed by atoms with van der Waals surface area (Å²) in [6, 6.07) is 0. The molecule has 0 aromatic heterocycles. The minimum absolute atomic E-state index is 0.472. The summed E-state index contributed by atoms with van der Waals surface area (Å²) >= 11 is 0. The van der Waals surface area contributed by atoms with Crippen molar-refractivity contribution in [1.29, 1.82) is 0 Å². The van der Waals surface area contributed by atoms with Crippen molar-refractivity contribution in [3.8, 4) is 0 Å². The lowest BCUT2D eigenvalue weighted by Gasteiger charge is -2.36. The zero-order valence-corrected chi connectivity index (χ0v) is 12.4. The third-order valence-corrected chi connectivity index (χ3v) is 5.43. The molecule has 0 aromatic rings. The van der Waals surface area contributed by atoms with E-state index in [9.17, 15) is 0 Å². The Labute approximate surface area is 107 Å². The maximum atomic E-state index is 2.64. The molecule has 2 aliphatic rings. The molecule has 0 saturated carbocycles. The van der Waals surface area contributed by atoms with Crippen LogP contribution in [0.1, 0.15) is 53.9 Å². The predicted molar refractivity (Wildman–Crippen MR) is 73.7 cm³/mol. The van der Waals surface area contributed by atoms with Crippen molar-refractivity contribution in [2.24, 2.45) is 17.8 Å². The van der Waals surface area contributed by atoms with Gasteiger partial charge < -0.3 is 0 Å². The molecule has 2 saturated heterocycles. The molecule has 0 aromatic carbocycles. The molecular formula is C15H30N2. The van der Waals surface area contributed by atoms with E-state index >= 15 is 0 Å². The summed E-state index contributed by atoms with van der Waals surface area (Å²) in [5.74, 6) is 2.65. The first kappa shape index (κ1) is 13.4. The van der Waals surface area contributed by atoms with Crippen molar-refractivity contribution in [2.45, 2.75) is 59.4 Å². The Morgan fingerprint density at radius 3 is 2.24 bits per heavy atom. The molecule has 100 valence electrons. The number of hydrogen-bond donors (Lipinski definition) is 0. The van der Waals surface area contributed by atoms with Gasteiger partial charge in [0.15, 0.2) is 0 Å². The van der Waals surface area contributed by atoms with E-state index in [1.807, 2.05) is 0 Å². The highest BCUT2D eigenvalue weighted by Crippen LogP contribution is 2.43. The van der Waals surface area contributed by atoms with Crippen LogP contribution in [0, 0.1) is 17.8 Å². The van der Waals surface area contributed by atoms with Crippen LogP contribution in [0.4, 0.5) is 0 Å². The van der Waals surface area contributed by atoms with Crippen molar-refractivity contribution in [2.75, 3.05) is 19.6 Å². The molecule has 3 unspecified atom stereocenters. The van der Waals surface area contributed by atoms with E-state index in [2.05, 4.69) is 44.6 Å². The zero-order chi connectivity index (χ0) is 12.6. The van der Waals surface area contributed by atoms with Crippen LogP contribution < -0.4 is 0 Å². The first-order valence-electron chi connectivity index (χ1n) is 7.51. The molecule has 17 heavy (non-hydrogen) atoms. The van der Waals surface area contributed by atoms with E-state index in [1.165, 1.54) is 38.9 Å². The van der Waals surface area contributed by atoms with Crippen LogP contribution in [0.15, 0.2) is 0 Å². The van der Waals surface area contributed by atoms with E-state index < -0.39 is 0 Å². The highest BCUT2D eigenvalue weighted by atomic mass is 15.7. The maximum Gasteiger partial charge on any atom is 0.0495 e. The quantitative estimate of drug-likeness (QED) is 0.693. The molecule has 0 bridgehead atoms. The summed E-state index contributed by atoms with van der Waals surface area (Å²) in [4.78, 5) is 0. The third-order valence-electron chi connectivity index (χ3n) is 5.43. The fourth-order valence-electron chi connectivity index (χ4n) is 3.33. The fraction of sp³-hybridized carbons (Fsp3) is 1.00. The van der Waals surface area contributed by atoms with Gasteiger partial charge in [-0.1, -0.05) is 34.1 Å². The lowest BCUT2D eigenvalue weighted by molar-refractivity contribution is 0.00267. The molecule has 2 fully saturated rings. The van der Waals surface area contributed by atoms with E-state index in [0.29, 0.717) is 5.54 Å². The Kier molecular flexibility index (Phi) is 3.84. The van der Waals surface area contributed by atoms with Gasteiger partial charge in [-0.25, -0.2) is 10.0 Å². The van der Waals surface area contributed by atoms with Crippen molar-refractivity contribution >= 4 is 0 Å². The Hall–Kier alpha value is -0.0800. The lowest BCUT2D eigenvalue weighted by Crippen LogP contribution is -2.42. The minimum Gasteiger partial charge on any atom is -0.241 e. The number of hydrogen-bond acceptors (Lipinski definition) is 2. The molecule has 2 heteroatoms. The van der Waals surface area contributed by atoms with Gasteiger partial charge in [0.05, 0.1) is 0 Å². The first-order chi connectivity index (χ1) is 7.99. The van der Waals surface area contributed by atoms with E-state index in [1.54, 1.807) is 0 Å². The van der Waals surface area contributed by atoms with Crippen LogP contribution in [0.25, 0.3) is 0 Å². The number of hydrazine groups is 1.